The van der Waals surface area contributed by atoms with E-state index in [-0.39, 0.29) is 12.2 Å². The van der Waals surface area contributed by atoms with Crippen LogP contribution in [-0.2, 0) is 9.53 Å². The van der Waals surface area contributed by atoms with E-state index in [9.17, 15) is 9.59 Å². The number of hydrogen-bond acceptors (Lipinski definition) is 7. The molecular formula is C28H30ClN3O4S. The number of thiazole rings is 1. The molecule has 0 amide bonds. The lowest BCUT2D eigenvalue weighted by Gasteiger charge is -2.25. The molecule has 4 rings (SSSR count). The predicted octanol–water partition coefficient (Wildman–Crippen LogP) is 4.31. The van der Waals surface area contributed by atoms with Gasteiger partial charge in [-0.3, -0.25) is 9.36 Å². The number of nitrogens with zero attached hydrogens (tertiary/aromatic N) is 3. The highest BCUT2D eigenvalue weighted by atomic mass is 35.5. The fourth-order valence-electron chi connectivity index (χ4n) is 4.53. The minimum atomic E-state index is -0.752. The van der Waals surface area contributed by atoms with Gasteiger partial charge in [-0.15, -0.1) is 0 Å². The average Bonchev–Trinajstić information content (AvgIpc) is 3.19. The molecule has 0 fully saturated rings. The van der Waals surface area contributed by atoms with Crippen LogP contribution in [0.3, 0.4) is 0 Å². The van der Waals surface area contributed by atoms with Crippen molar-refractivity contribution in [3.05, 3.63) is 89.6 Å². The predicted molar refractivity (Wildman–Crippen MR) is 148 cm³/mol. The third kappa shape index (κ3) is 5.08. The molecule has 0 unspecified atom stereocenters. The van der Waals surface area contributed by atoms with Crippen molar-refractivity contribution in [3.63, 3.8) is 0 Å². The molecule has 1 aromatic heterocycles. The van der Waals surface area contributed by atoms with Gasteiger partial charge >= 0.3 is 5.97 Å². The first-order valence-electron chi connectivity index (χ1n) is 12.2. The molecule has 0 bridgehead atoms. The number of rotatable bonds is 8. The standard InChI is InChI=1S/C28H30ClN3O4S/c1-6-31(7-2)19-14-13-18(22(16-19)35-5)15-23-26(33)32-25(20-11-9-10-12-21(20)29)24(27(34)36-8-3)17(4)30-28(32)37-23/h9-16,25H,6-8H2,1-5H3/b23-15-/t25-/m0/s1. The molecule has 0 saturated heterocycles. The molecule has 37 heavy (non-hydrogen) atoms. The highest BCUT2D eigenvalue weighted by molar-refractivity contribution is 7.07. The molecule has 0 aliphatic carbocycles. The van der Waals surface area contributed by atoms with Crippen LogP contribution >= 0.6 is 22.9 Å². The number of halogens is 1. The van der Waals surface area contributed by atoms with E-state index in [4.69, 9.17) is 21.1 Å². The molecule has 1 atom stereocenters. The largest absolute Gasteiger partial charge is 0.496 e. The van der Waals surface area contributed by atoms with Gasteiger partial charge < -0.3 is 14.4 Å². The van der Waals surface area contributed by atoms with Crippen LogP contribution in [0.4, 0.5) is 5.69 Å². The Morgan fingerprint density at radius 3 is 2.57 bits per heavy atom. The molecular weight excluding hydrogens is 510 g/mol. The zero-order valence-corrected chi connectivity index (χ0v) is 23.2. The summed E-state index contributed by atoms with van der Waals surface area (Å²) in [5.41, 5.74) is 2.99. The number of methoxy groups -OCH3 is 1. The molecule has 7 nitrogen and oxygen atoms in total. The van der Waals surface area contributed by atoms with Crippen LogP contribution in [-0.4, -0.2) is 37.3 Å². The van der Waals surface area contributed by atoms with E-state index in [2.05, 4.69) is 23.7 Å². The average molecular weight is 540 g/mol. The van der Waals surface area contributed by atoms with E-state index >= 15 is 0 Å². The lowest BCUT2D eigenvalue weighted by atomic mass is 9.96. The molecule has 0 spiro atoms. The first kappa shape index (κ1) is 26.7. The quantitative estimate of drug-likeness (QED) is 0.399. The molecule has 0 saturated carbocycles. The van der Waals surface area contributed by atoms with Gasteiger partial charge in [-0.05, 0) is 57.5 Å². The number of fused-ring (bicyclic) bond motifs is 1. The van der Waals surface area contributed by atoms with Gasteiger partial charge in [0, 0.05) is 35.4 Å². The Balaban J connectivity index is 1.92. The van der Waals surface area contributed by atoms with E-state index in [1.807, 2.05) is 42.5 Å². The van der Waals surface area contributed by atoms with Gasteiger partial charge in [-0.25, -0.2) is 9.79 Å². The van der Waals surface area contributed by atoms with Crippen LogP contribution in [0, 0.1) is 0 Å². The summed E-state index contributed by atoms with van der Waals surface area (Å²) in [4.78, 5) is 34.2. The van der Waals surface area contributed by atoms with Crippen molar-refractivity contribution < 1.29 is 14.3 Å². The van der Waals surface area contributed by atoms with Crippen LogP contribution in [0.15, 0.2) is 63.5 Å². The van der Waals surface area contributed by atoms with Gasteiger partial charge in [0.05, 0.1) is 29.5 Å². The van der Waals surface area contributed by atoms with Crippen LogP contribution in [0.5, 0.6) is 5.75 Å². The Labute approximate surface area is 224 Å². The maximum atomic E-state index is 13.8. The summed E-state index contributed by atoms with van der Waals surface area (Å²) < 4.78 is 13.0. The van der Waals surface area contributed by atoms with Gasteiger partial charge in [0.25, 0.3) is 5.56 Å². The molecule has 0 radical (unpaired) electrons. The summed E-state index contributed by atoms with van der Waals surface area (Å²) in [5, 5.41) is 0.451. The van der Waals surface area contributed by atoms with E-state index in [1.54, 1.807) is 27.0 Å². The molecule has 1 aliphatic rings. The van der Waals surface area contributed by atoms with Crippen molar-refractivity contribution in [2.45, 2.75) is 33.7 Å². The molecule has 3 aromatic rings. The number of carbonyl (C=O) groups excluding carboxylic acids is 1. The Morgan fingerprint density at radius 2 is 1.92 bits per heavy atom. The SMILES string of the molecule is CCOC(=O)C1=C(C)N=c2s/c(=C\c3ccc(N(CC)CC)cc3OC)c(=O)n2[C@H]1c1ccccc1Cl. The second-order valence-electron chi connectivity index (χ2n) is 8.42. The topological polar surface area (TPSA) is 73.1 Å². The number of carbonyl (C=O) groups is 1. The number of anilines is 1. The maximum absolute atomic E-state index is 13.8. The zero-order valence-electron chi connectivity index (χ0n) is 21.6. The second-order valence-corrected chi connectivity index (χ2v) is 9.84. The Hall–Kier alpha value is -3.36. The van der Waals surface area contributed by atoms with Gasteiger partial charge in [0.2, 0.25) is 0 Å². The number of esters is 1. The minimum Gasteiger partial charge on any atom is -0.496 e. The van der Waals surface area contributed by atoms with Crippen molar-refractivity contribution in [3.8, 4) is 5.75 Å². The number of ether oxygens (including phenoxy) is 2. The fraction of sp³-hybridized carbons (Fsp3) is 0.321. The lowest BCUT2D eigenvalue weighted by molar-refractivity contribution is -0.139. The lowest BCUT2D eigenvalue weighted by Crippen LogP contribution is -2.40. The summed E-state index contributed by atoms with van der Waals surface area (Å²) >= 11 is 7.83. The van der Waals surface area contributed by atoms with E-state index in [1.165, 1.54) is 15.9 Å². The number of hydrogen-bond donors (Lipinski definition) is 0. The number of benzene rings is 2. The first-order chi connectivity index (χ1) is 17.8. The van der Waals surface area contributed by atoms with E-state index < -0.39 is 12.0 Å². The summed E-state index contributed by atoms with van der Waals surface area (Å²) in [6.07, 6.45) is 1.81. The smallest absolute Gasteiger partial charge is 0.338 e. The maximum Gasteiger partial charge on any atom is 0.338 e. The number of aromatic nitrogens is 1. The molecule has 2 heterocycles. The van der Waals surface area contributed by atoms with Gasteiger partial charge in [0.1, 0.15) is 11.8 Å². The molecule has 1 aliphatic heterocycles. The molecule has 2 aromatic carbocycles. The monoisotopic (exact) mass is 539 g/mol. The Morgan fingerprint density at radius 1 is 1.19 bits per heavy atom. The van der Waals surface area contributed by atoms with Gasteiger partial charge in [-0.2, -0.15) is 0 Å². The molecule has 0 N–H and O–H groups in total. The van der Waals surface area contributed by atoms with Gasteiger partial charge in [0.15, 0.2) is 4.80 Å². The van der Waals surface area contributed by atoms with Crippen molar-refractivity contribution in [1.82, 2.24) is 4.57 Å². The first-order valence-corrected chi connectivity index (χ1v) is 13.4. The zero-order chi connectivity index (χ0) is 26.7. The molecule has 194 valence electrons. The van der Waals surface area contributed by atoms with E-state index in [0.29, 0.717) is 36.9 Å². The summed E-state index contributed by atoms with van der Waals surface area (Å²) in [6, 6.07) is 12.4. The van der Waals surface area contributed by atoms with Gasteiger partial charge in [-0.1, -0.05) is 41.1 Å². The molecule has 9 heteroatoms. The normalized spacial score (nSPS) is 15.3. The van der Waals surface area contributed by atoms with Crippen LogP contribution in [0.2, 0.25) is 5.02 Å². The number of allylic oxidation sites excluding steroid dienone is 1. The highest BCUT2D eigenvalue weighted by Crippen LogP contribution is 2.34. The van der Waals surface area contributed by atoms with Crippen LogP contribution in [0.25, 0.3) is 6.08 Å². The second kappa shape index (κ2) is 11.4. The van der Waals surface area contributed by atoms with Crippen LogP contribution in [0.1, 0.15) is 44.9 Å². The summed E-state index contributed by atoms with van der Waals surface area (Å²) in [6.45, 7) is 9.66. The summed E-state index contributed by atoms with van der Waals surface area (Å²) in [7, 11) is 1.62. The Kier molecular flexibility index (Phi) is 8.19. The Bertz CT molecular complexity index is 1540. The van der Waals surface area contributed by atoms with E-state index in [0.717, 1.165) is 24.3 Å². The minimum absolute atomic E-state index is 0.207. The third-order valence-electron chi connectivity index (χ3n) is 6.35. The summed E-state index contributed by atoms with van der Waals surface area (Å²) in [5.74, 6) is 0.151. The third-order valence-corrected chi connectivity index (χ3v) is 7.68. The van der Waals surface area contributed by atoms with Crippen molar-refractivity contribution in [1.29, 1.82) is 0 Å². The fourth-order valence-corrected chi connectivity index (χ4v) is 5.80. The highest BCUT2D eigenvalue weighted by Gasteiger charge is 2.34. The van der Waals surface area contributed by atoms with Crippen molar-refractivity contribution in [2.24, 2.45) is 4.99 Å². The van der Waals surface area contributed by atoms with Crippen LogP contribution < -0.4 is 24.5 Å². The van der Waals surface area contributed by atoms with Crippen molar-refractivity contribution in [2.75, 3.05) is 31.7 Å². The van der Waals surface area contributed by atoms with Crippen molar-refractivity contribution >= 4 is 40.7 Å².